The van der Waals surface area contributed by atoms with Crippen LogP contribution < -0.4 is 0 Å². The molecule has 0 aliphatic heterocycles. The number of hydrogen-bond acceptors (Lipinski definition) is 1. The topological polar surface area (TPSA) is 12.9 Å². The van der Waals surface area contributed by atoms with E-state index in [0.29, 0.717) is 15.2 Å². The molecule has 1 aliphatic carbocycles. The summed E-state index contributed by atoms with van der Waals surface area (Å²) >= 11 is 4.40. The summed E-state index contributed by atoms with van der Waals surface area (Å²) in [4.78, 5) is 4.38. The minimum atomic E-state index is -1.28. The van der Waals surface area contributed by atoms with E-state index in [0.717, 1.165) is 11.7 Å². The van der Waals surface area contributed by atoms with Crippen molar-refractivity contribution in [2.45, 2.75) is 24.8 Å². The zero-order valence-corrected chi connectivity index (χ0v) is 16.4. The molecule has 1 nitrogen and oxygen atoms in total. The molecule has 106 valence electrons. The Balaban J connectivity index is 0.00000162. The minimum absolute atomic E-state index is 0. The van der Waals surface area contributed by atoms with E-state index in [2.05, 4.69) is 57.7 Å². The minimum Gasteiger partial charge on any atom is -0.147 e. The van der Waals surface area contributed by atoms with Crippen molar-refractivity contribution in [3.8, 4) is 0 Å². The standard InChI is InChI=1S/C7H10BrSi.C6H6N.2ClH.Cr/c1-9(2,8)7-5-3-4-6-7;1-6-4-2-3-5-7-6;;;/h5-6H,3H2,1-2H3;2-5H,1H2;2*1H;. The van der Waals surface area contributed by atoms with Gasteiger partial charge in [-0.25, -0.2) is 0 Å². The molecule has 0 atom stereocenters. The van der Waals surface area contributed by atoms with E-state index in [1.807, 2.05) is 12.3 Å². The Morgan fingerprint density at radius 2 is 2.05 bits per heavy atom. The molecule has 0 unspecified atom stereocenters. The molecule has 19 heavy (non-hydrogen) atoms. The fourth-order valence-electron chi connectivity index (χ4n) is 1.67. The molecule has 2 rings (SSSR count). The van der Waals surface area contributed by atoms with Gasteiger partial charge in [0.1, 0.15) is 0 Å². The van der Waals surface area contributed by atoms with Crippen molar-refractivity contribution in [3.05, 3.63) is 51.9 Å². The quantitative estimate of drug-likeness (QED) is 0.502. The Labute approximate surface area is 143 Å². The second kappa shape index (κ2) is 8.67. The Morgan fingerprint density at radius 1 is 1.32 bits per heavy atom. The predicted octanol–water partition coefficient (Wildman–Crippen LogP) is 4.86. The fourth-order valence-corrected chi connectivity index (χ4v) is 5.20. The van der Waals surface area contributed by atoms with Crippen molar-refractivity contribution in [2.24, 2.45) is 0 Å². The number of aromatic nitrogens is 1. The van der Waals surface area contributed by atoms with Gasteiger partial charge in [0, 0.05) is 0 Å². The smallest absolute Gasteiger partial charge is 0.147 e. The first-order chi connectivity index (χ1) is 8.05. The van der Waals surface area contributed by atoms with Gasteiger partial charge >= 0.3 is 119 Å². The van der Waals surface area contributed by atoms with Crippen LogP contribution in [0, 0.1) is 0 Å². The molecule has 0 saturated carbocycles. The van der Waals surface area contributed by atoms with Crippen LogP contribution in [-0.2, 0) is 20.5 Å². The summed E-state index contributed by atoms with van der Waals surface area (Å²) in [6.45, 7) is 3.39. The molecule has 0 aromatic carbocycles. The molecule has 1 heterocycles. The molecule has 1 aromatic rings. The SMILES string of the molecule is C[Si](C)(Br)C1=CC[C]([Cr][CH2]c2ccccn2)=C1.Cl.Cl. The summed E-state index contributed by atoms with van der Waals surface area (Å²) < 4.78 is 1.61. The van der Waals surface area contributed by atoms with Gasteiger partial charge in [-0.2, -0.15) is 0 Å². The zero-order valence-electron chi connectivity index (χ0n) is 10.9. The van der Waals surface area contributed by atoms with Crippen LogP contribution in [0.4, 0.5) is 0 Å². The Bertz CT molecular complexity index is 457. The van der Waals surface area contributed by atoms with Crippen molar-refractivity contribution >= 4 is 46.8 Å². The molecule has 1 aliphatic rings. The summed E-state index contributed by atoms with van der Waals surface area (Å²) in [6.07, 6.45) is 7.86. The van der Waals surface area contributed by atoms with Gasteiger partial charge in [0.05, 0.1) is 0 Å². The van der Waals surface area contributed by atoms with E-state index >= 15 is 0 Å². The van der Waals surface area contributed by atoms with Crippen molar-refractivity contribution < 1.29 is 15.2 Å². The average molecular weight is 419 g/mol. The molecule has 0 spiro atoms. The molecule has 0 fully saturated rings. The molecule has 0 N–H and O–H groups in total. The van der Waals surface area contributed by atoms with Gasteiger partial charge in [-0.3, -0.25) is 0 Å². The molecule has 0 bridgehead atoms. The monoisotopic (exact) mass is 417 g/mol. The van der Waals surface area contributed by atoms with Crippen molar-refractivity contribution in [3.63, 3.8) is 0 Å². The van der Waals surface area contributed by atoms with Crippen LogP contribution >= 0.6 is 40.1 Å². The van der Waals surface area contributed by atoms with Gasteiger partial charge in [-0.05, 0) is 0 Å². The molecule has 0 saturated heterocycles. The number of hydrogen-bond donors (Lipinski definition) is 0. The van der Waals surface area contributed by atoms with Crippen molar-refractivity contribution in [1.82, 2.24) is 4.98 Å². The molecular weight excluding hydrogens is 401 g/mol. The fraction of sp³-hybridized carbons (Fsp3) is 0.308. The summed E-state index contributed by atoms with van der Waals surface area (Å²) in [6, 6.07) is 6.17. The second-order valence-corrected chi connectivity index (χ2v) is 15.7. The van der Waals surface area contributed by atoms with Gasteiger partial charge in [0.2, 0.25) is 0 Å². The first-order valence-electron chi connectivity index (χ1n) is 5.68. The Hall–Kier alpha value is 0.439. The van der Waals surface area contributed by atoms with Crippen LogP contribution in [0.3, 0.4) is 0 Å². The third kappa shape index (κ3) is 6.16. The third-order valence-electron chi connectivity index (χ3n) is 2.66. The van der Waals surface area contributed by atoms with E-state index in [1.165, 1.54) is 5.69 Å². The summed E-state index contributed by atoms with van der Waals surface area (Å²) in [5, 5.41) is 2.67. The predicted molar refractivity (Wildman–Crippen MR) is 89.6 cm³/mol. The first kappa shape index (κ1) is 19.4. The van der Waals surface area contributed by atoms with E-state index in [-0.39, 0.29) is 24.8 Å². The van der Waals surface area contributed by atoms with Crippen LogP contribution in [0.1, 0.15) is 12.1 Å². The Morgan fingerprint density at radius 3 is 2.58 bits per heavy atom. The van der Waals surface area contributed by atoms with Crippen LogP contribution in [0.15, 0.2) is 46.2 Å². The van der Waals surface area contributed by atoms with E-state index in [1.54, 1.807) is 9.63 Å². The number of rotatable bonds is 4. The van der Waals surface area contributed by atoms with Crippen LogP contribution in [0.25, 0.3) is 0 Å². The number of nitrogens with zero attached hydrogens (tertiary/aromatic N) is 1. The summed E-state index contributed by atoms with van der Waals surface area (Å²) in [5.41, 5.74) is 1.22. The van der Waals surface area contributed by atoms with Gasteiger partial charge < -0.3 is 0 Å². The Kier molecular flexibility index (Phi) is 8.87. The average Bonchev–Trinajstić information content (AvgIpc) is 2.76. The summed E-state index contributed by atoms with van der Waals surface area (Å²) in [7, 11) is 0. The van der Waals surface area contributed by atoms with Gasteiger partial charge in [0.25, 0.3) is 0 Å². The van der Waals surface area contributed by atoms with E-state index < -0.39 is 6.69 Å². The van der Waals surface area contributed by atoms with Gasteiger partial charge in [0.15, 0.2) is 0 Å². The van der Waals surface area contributed by atoms with Gasteiger partial charge in [-0.1, -0.05) is 0 Å². The third-order valence-corrected chi connectivity index (χ3v) is 7.46. The largest absolute Gasteiger partial charge is 0.147 e. The second-order valence-electron chi connectivity index (χ2n) is 4.56. The maximum Gasteiger partial charge on any atom is -0.147 e. The van der Waals surface area contributed by atoms with Crippen molar-refractivity contribution in [2.75, 3.05) is 0 Å². The summed E-state index contributed by atoms with van der Waals surface area (Å²) in [5.74, 6) is 0. The van der Waals surface area contributed by atoms with Crippen LogP contribution in [0.5, 0.6) is 0 Å². The number of halogens is 3. The van der Waals surface area contributed by atoms with Gasteiger partial charge in [-0.15, -0.1) is 24.8 Å². The maximum atomic E-state index is 4.38. The first-order valence-corrected chi connectivity index (χ1v) is 12.5. The normalized spacial score (nSPS) is 14.1. The molecule has 0 amide bonds. The van der Waals surface area contributed by atoms with Crippen molar-refractivity contribution in [1.29, 1.82) is 0 Å². The number of allylic oxidation sites excluding steroid dienone is 4. The molecular formula is C13H18BrCl2CrNSi. The zero-order chi connectivity index (χ0) is 12.3. The van der Waals surface area contributed by atoms with Crippen LogP contribution in [0.2, 0.25) is 13.1 Å². The maximum absolute atomic E-state index is 4.38. The van der Waals surface area contributed by atoms with E-state index in [9.17, 15) is 0 Å². The van der Waals surface area contributed by atoms with Crippen LogP contribution in [-0.4, -0.2) is 11.7 Å². The molecule has 1 aromatic heterocycles. The molecule has 0 radical (unpaired) electrons. The van der Waals surface area contributed by atoms with E-state index in [4.69, 9.17) is 0 Å². The number of pyridine rings is 1. The molecule has 6 heteroatoms.